The molecule has 0 spiro atoms. The second-order valence-electron chi connectivity index (χ2n) is 8.18. The van der Waals surface area contributed by atoms with Gasteiger partial charge in [0.15, 0.2) is 0 Å². The third-order valence-corrected chi connectivity index (χ3v) is 5.97. The van der Waals surface area contributed by atoms with Gasteiger partial charge in [-0.1, -0.05) is 0 Å². The van der Waals surface area contributed by atoms with Crippen LogP contribution in [0.1, 0.15) is 17.8 Å². The number of nitrogens with one attached hydrogen (secondary N) is 2. The Bertz CT molecular complexity index is 1520. The fraction of sp³-hybridized carbons (Fsp3) is 0.208. The first-order chi connectivity index (χ1) is 16.1. The van der Waals surface area contributed by atoms with Crippen molar-refractivity contribution in [2.45, 2.75) is 26.8 Å². The first-order valence-electron chi connectivity index (χ1n) is 10.8. The summed E-state index contributed by atoms with van der Waals surface area (Å²) in [5.41, 5.74) is 7.65. The van der Waals surface area contributed by atoms with Crippen molar-refractivity contribution in [1.82, 2.24) is 34.9 Å². The predicted molar refractivity (Wildman–Crippen MR) is 124 cm³/mol. The van der Waals surface area contributed by atoms with Crippen LogP contribution in [0.5, 0.6) is 0 Å². The summed E-state index contributed by atoms with van der Waals surface area (Å²) in [5.74, 6) is 0.691. The molecule has 5 aromatic heterocycles. The summed E-state index contributed by atoms with van der Waals surface area (Å²) in [6.07, 6.45) is 4.71. The van der Waals surface area contributed by atoms with Gasteiger partial charge in [-0.15, -0.1) is 0 Å². The summed E-state index contributed by atoms with van der Waals surface area (Å²) in [4.78, 5) is 13.9. The second kappa shape index (κ2) is 7.47. The van der Waals surface area contributed by atoms with E-state index in [1.807, 2.05) is 36.0 Å². The molecular formula is C24H21FN8. The molecule has 33 heavy (non-hydrogen) atoms. The van der Waals surface area contributed by atoms with Gasteiger partial charge in [0.1, 0.15) is 17.3 Å². The highest BCUT2D eigenvalue weighted by molar-refractivity contribution is 5.87. The monoisotopic (exact) mass is 440 g/mol. The smallest absolute Gasteiger partial charge is 0.144 e. The number of halogens is 1. The van der Waals surface area contributed by atoms with Crippen molar-refractivity contribution in [1.29, 1.82) is 0 Å². The number of H-pyrrole nitrogens is 1. The number of hydrogen-bond acceptors (Lipinski definition) is 6. The number of rotatable bonds is 3. The maximum absolute atomic E-state index is 13.7. The van der Waals surface area contributed by atoms with Crippen LogP contribution in [0.25, 0.3) is 44.8 Å². The van der Waals surface area contributed by atoms with E-state index >= 15 is 0 Å². The summed E-state index contributed by atoms with van der Waals surface area (Å²) in [7, 11) is 0. The molecule has 1 aliphatic rings. The first kappa shape index (κ1) is 19.5. The lowest BCUT2D eigenvalue weighted by Crippen LogP contribution is -2.17. The summed E-state index contributed by atoms with van der Waals surface area (Å²) >= 11 is 0. The number of pyridine rings is 3. The number of anilines is 1. The van der Waals surface area contributed by atoms with Crippen molar-refractivity contribution in [3.8, 4) is 33.8 Å². The Morgan fingerprint density at radius 2 is 1.88 bits per heavy atom. The average molecular weight is 440 g/mol. The minimum Gasteiger partial charge on any atom is -0.370 e. The third kappa shape index (κ3) is 3.24. The van der Waals surface area contributed by atoms with E-state index in [2.05, 4.69) is 30.6 Å². The molecule has 0 amide bonds. The number of nitrogens with zero attached hydrogens (tertiary/aromatic N) is 6. The van der Waals surface area contributed by atoms with E-state index in [4.69, 9.17) is 4.98 Å². The molecule has 0 saturated heterocycles. The molecule has 5 aromatic rings. The van der Waals surface area contributed by atoms with Gasteiger partial charge in [0.25, 0.3) is 0 Å². The van der Waals surface area contributed by atoms with Crippen molar-refractivity contribution in [3.63, 3.8) is 0 Å². The van der Waals surface area contributed by atoms with Crippen molar-refractivity contribution < 1.29 is 4.39 Å². The summed E-state index contributed by atoms with van der Waals surface area (Å²) in [6, 6.07) is 8.94. The Hall–Kier alpha value is -4.14. The fourth-order valence-electron chi connectivity index (χ4n) is 4.35. The van der Waals surface area contributed by atoms with Gasteiger partial charge in [0.05, 0.1) is 33.8 Å². The Labute approximate surface area is 188 Å². The Morgan fingerprint density at radius 3 is 2.76 bits per heavy atom. The second-order valence-corrected chi connectivity index (χ2v) is 8.18. The van der Waals surface area contributed by atoms with Gasteiger partial charge in [0, 0.05) is 42.2 Å². The van der Waals surface area contributed by atoms with E-state index in [0.29, 0.717) is 17.1 Å². The number of aromatic nitrogens is 7. The largest absolute Gasteiger partial charge is 0.370 e. The highest BCUT2D eigenvalue weighted by atomic mass is 19.1. The van der Waals surface area contributed by atoms with Crippen LogP contribution in [0, 0.1) is 19.7 Å². The fourth-order valence-corrected chi connectivity index (χ4v) is 4.35. The van der Waals surface area contributed by atoms with E-state index in [9.17, 15) is 4.39 Å². The molecule has 0 unspecified atom stereocenters. The SMILES string of the molecule is Cc1nc(-c2n[nH]cc2-c2ccc3ncc(-c4c(C)nn5c4NCCC5)cc3n2)ccc1F. The molecule has 0 atom stereocenters. The zero-order valence-corrected chi connectivity index (χ0v) is 18.2. The summed E-state index contributed by atoms with van der Waals surface area (Å²) < 4.78 is 15.7. The highest BCUT2D eigenvalue weighted by Gasteiger charge is 2.20. The van der Waals surface area contributed by atoms with Crippen LogP contribution in [0.4, 0.5) is 10.2 Å². The van der Waals surface area contributed by atoms with Gasteiger partial charge in [-0.3, -0.25) is 10.1 Å². The Kier molecular flexibility index (Phi) is 4.42. The third-order valence-electron chi connectivity index (χ3n) is 5.97. The summed E-state index contributed by atoms with van der Waals surface area (Å²) in [6.45, 7) is 5.50. The maximum atomic E-state index is 13.7. The maximum Gasteiger partial charge on any atom is 0.144 e. The zero-order chi connectivity index (χ0) is 22.5. The van der Waals surface area contributed by atoms with Gasteiger partial charge in [0.2, 0.25) is 0 Å². The van der Waals surface area contributed by atoms with Crippen molar-refractivity contribution in [2.24, 2.45) is 0 Å². The molecule has 0 aliphatic carbocycles. The van der Waals surface area contributed by atoms with Crippen LogP contribution >= 0.6 is 0 Å². The van der Waals surface area contributed by atoms with E-state index in [1.54, 1.807) is 19.2 Å². The molecule has 2 N–H and O–H groups in total. The number of aromatic amines is 1. The topological polar surface area (TPSA) is 97.2 Å². The van der Waals surface area contributed by atoms with Crippen LogP contribution in [-0.4, -0.2) is 41.5 Å². The minimum absolute atomic E-state index is 0.329. The number of fused-ring (bicyclic) bond motifs is 2. The van der Waals surface area contributed by atoms with E-state index in [1.165, 1.54) is 6.07 Å². The molecular weight excluding hydrogens is 419 g/mol. The molecule has 8 nitrogen and oxygen atoms in total. The molecule has 0 bridgehead atoms. The van der Waals surface area contributed by atoms with Crippen LogP contribution in [0.15, 0.2) is 42.7 Å². The van der Waals surface area contributed by atoms with Crippen molar-refractivity contribution in [2.75, 3.05) is 11.9 Å². The van der Waals surface area contributed by atoms with Crippen LogP contribution < -0.4 is 5.32 Å². The van der Waals surface area contributed by atoms with Gasteiger partial charge in [-0.05, 0) is 50.6 Å². The normalized spacial score (nSPS) is 13.2. The molecule has 9 heteroatoms. The molecule has 1 aliphatic heterocycles. The first-order valence-corrected chi connectivity index (χ1v) is 10.8. The molecule has 164 valence electrons. The minimum atomic E-state index is -0.342. The van der Waals surface area contributed by atoms with Gasteiger partial charge in [-0.2, -0.15) is 10.2 Å². The van der Waals surface area contributed by atoms with E-state index in [0.717, 1.165) is 64.4 Å². The molecule has 6 heterocycles. The van der Waals surface area contributed by atoms with Gasteiger partial charge < -0.3 is 5.32 Å². The van der Waals surface area contributed by atoms with Gasteiger partial charge in [-0.25, -0.2) is 19.0 Å². The molecule has 0 radical (unpaired) electrons. The van der Waals surface area contributed by atoms with E-state index in [-0.39, 0.29) is 5.82 Å². The lowest BCUT2D eigenvalue weighted by atomic mass is 10.1. The summed E-state index contributed by atoms with van der Waals surface area (Å²) in [5, 5.41) is 15.4. The Morgan fingerprint density at radius 1 is 1.00 bits per heavy atom. The lowest BCUT2D eigenvalue weighted by Gasteiger charge is -2.17. The van der Waals surface area contributed by atoms with Crippen LogP contribution in [-0.2, 0) is 6.54 Å². The molecule has 6 rings (SSSR count). The quantitative estimate of drug-likeness (QED) is 0.428. The molecule has 0 fully saturated rings. The molecule has 0 saturated carbocycles. The highest BCUT2D eigenvalue weighted by Crippen LogP contribution is 2.35. The van der Waals surface area contributed by atoms with Crippen molar-refractivity contribution in [3.05, 3.63) is 59.9 Å². The van der Waals surface area contributed by atoms with Crippen LogP contribution in [0.3, 0.4) is 0 Å². The number of hydrogen-bond donors (Lipinski definition) is 2. The average Bonchev–Trinajstić information content (AvgIpc) is 3.44. The standard InChI is InChI=1S/C24H21FN8/c1-13-17(25)4-5-20(29-13)23-16(12-28-31-23)18-6-7-19-21(30-18)10-15(11-27-19)22-14(2)32-33-9-3-8-26-24(22)33/h4-7,10-12,26H,3,8-9H2,1-2H3,(H,28,31). The van der Waals surface area contributed by atoms with Gasteiger partial charge >= 0.3 is 0 Å². The van der Waals surface area contributed by atoms with Crippen LogP contribution in [0.2, 0.25) is 0 Å². The van der Waals surface area contributed by atoms with E-state index < -0.39 is 0 Å². The zero-order valence-electron chi connectivity index (χ0n) is 18.2. The predicted octanol–water partition coefficient (Wildman–Crippen LogP) is 4.52. The van der Waals surface area contributed by atoms with Crippen molar-refractivity contribution >= 4 is 16.9 Å². The number of aryl methyl sites for hydroxylation is 3. The lowest BCUT2D eigenvalue weighted by molar-refractivity contribution is 0.564. The Balaban J connectivity index is 1.45. The molecule has 0 aromatic carbocycles.